The van der Waals surface area contributed by atoms with Crippen LogP contribution in [0.4, 0.5) is 0 Å². The third-order valence-electron chi connectivity index (χ3n) is 6.57. The molecule has 2 saturated carbocycles. The van der Waals surface area contributed by atoms with Gasteiger partial charge in [0.2, 0.25) is 0 Å². The second kappa shape index (κ2) is 7.06. The maximum Gasteiger partial charge on any atom is 0.0178 e. The van der Waals surface area contributed by atoms with Crippen molar-refractivity contribution in [3.05, 3.63) is 34.3 Å². The van der Waals surface area contributed by atoms with Gasteiger partial charge in [0.1, 0.15) is 0 Å². The second-order valence-electron chi connectivity index (χ2n) is 8.07. The molecular formula is C20H30BrN3. The van der Waals surface area contributed by atoms with Crippen molar-refractivity contribution in [2.75, 3.05) is 46.3 Å². The molecule has 132 valence electrons. The van der Waals surface area contributed by atoms with Gasteiger partial charge in [-0.2, -0.15) is 0 Å². The van der Waals surface area contributed by atoms with Crippen molar-refractivity contribution in [1.29, 1.82) is 0 Å². The molecule has 0 radical (unpaired) electrons. The molecule has 4 heteroatoms. The van der Waals surface area contributed by atoms with Crippen LogP contribution < -0.4 is 5.32 Å². The number of hydrogen-bond acceptors (Lipinski definition) is 3. The van der Waals surface area contributed by atoms with E-state index in [4.69, 9.17) is 0 Å². The molecule has 1 aromatic rings. The highest BCUT2D eigenvalue weighted by molar-refractivity contribution is 9.10. The van der Waals surface area contributed by atoms with Crippen molar-refractivity contribution >= 4 is 15.9 Å². The van der Waals surface area contributed by atoms with E-state index in [2.05, 4.69) is 62.4 Å². The minimum absolute atomic E-state index is 0.499. The van der Waals surface area contributed by atoms with Gasteiger partial charge in [0.15, 0.2) is 0 Å². The van der Waals surface area contributed by atoms with Crippen LogP contribution in [0.3, 0.4) is 0 Å². The molecular weight excluding hydrogens is 362 g/mol. The van der Waals surface area contributed by atoms with Gasteiger partial charge >= 0.3 is 0 Å². The van der Waals surface area contributed by atoms with Crippen molar-refractivity contribution in [2.45, 2.75) is 37.1 Å². The Hall–Kier alpha value is -0.420. The number of fused-ring (bicyclic) bond motifs is 1. The smallest absolute Gasteiger partial charge is 0.0178 e. The van der Waals surface area contributed by atoms with Crippen molar-refractivity contribution in [2.24, 2.45) is 5.92 Å². The molecule has 1 unspecified atom stereocenters. The lowest BCUT2D eigenvalue weighted by molar-refractivity contribution is 0.152. The number of rotatable bonds is 6. The normalized spacial score (nSPS) is 33.6. The first-order chi connectivity index (χ1) is 11.7. The quantitative estimate of drug-likeness (QED) is 0.751. The summed E-state index contributed by atoms with van der Waals surface area (Å²) in [6.07, 6.45) is 5.40. The van der Waals surface area contributed by atoms with Crippen LogP contribution >= 0.6 is 15.9 Å². The van der Waals surface area contributed by atoms with Crippen molar-refractivity contribution in [3.63, 3.8) is 0 Å². The van der Waals surface area contributed by atoms with Crippen LogP contribution in [0, 0.1) is 5.92 Å². The number of nitrogens with one attached hydrogen (secondary N) is 1. The lowest BCUT2D eigenvalue weighted by Gasteiger charge is -2.32. The summed E-state index contributed by atoms with van der Waals surface area (Å²) >= 11 is 3.64. The average molecular weight is 392 g/mol. The Morgan fingerprint density at radius 2 is 2.08 bits per heavy atom. The molecule has 3 nitrogen and oxygen atoms in total. The lowest BCUT2D eigenvalue weighted by atomic mass is 9.93. The molecule has 1 saturated heterocycles. The van der Waals surface area contributed by atoms with E-state index in [0.717, 1.165) is 12.0 Å². The average Bonchev–Trinajstić information content (AvgIpc) is 3.22. The van der Waals surface area contributed by atoms with Gasteiger partial charge in [-0.3, -0.25) is 0 Å². The summed E-state index contributed by atoms with van der Waals surface area (Å²) in [5.41, 5.74) is 2.06. The summed E-state index contributed by atoms with van der Waals surface area (Å²) in [6.45, 7) is 7.39. The fourth-order valence-corrected chi connectivity index (χ4v) is 5.34. The largest absolute Gasteiger partial charge is 0.314 e. The Balaban J connectivity index is 1.21. The first-order valence-corrected chi connectivity index (χ1v) is 10.4. The first-order valence-electron chi connectivity index (χ1n) is 9.58. The summed E-state index contributed by atoms with van der Waals surface area (Å²) in [7, 11) is 2.23. The van der Waals surface area contributed by atoms with Crippen LogP contribution in [0.15, 0.2) is 28.7 Å². The maximum atomic E-state index is 3.88. The van der Waals surface area contributed by atoms with E-state index in [1.54, 1.807) is 5.56 Å². The van der Waals surface area contributed by atoms with Crippen molar-refractivity contribution in [1.82, 2.24) is 15.1 Å². The van der Waals surface area contributed by atoms with Crippen LogP contribution in [0.1, 0.15) is 31.2 Å². The molecule has 0 spiro atoms. The van der Waals surface area contributed by atoms with E-state index >= 15 is 0 Å². The SMILES string of the molecule is CN1CCN(CCCN[C@@H]2CC[C@]3(c4cccc(Br)c4)CC23)CC1. The topological polar surface area (TPSA) is 18.5 Å². The summed E-state index contributed by atoms with van der Waals surface area (Å²) in [4.78, 5) is 5.06. The molecule has 24 heavy (non-hydrogen) atoms. The zero-order valence-electron chi connectivity index (χ0n) is 14.8. The Morgan fingerprint density at radius 3 is 2.83 bits per heavy atom. The summed E-state index contributed by atoms with van der Waals surface area (Å²) in [6, 6.07) is 9.76. The standard InChI is InChI=1S/C20H30BrN3/c1-23-10-12-24(13-11-23)9-3-8-22-19-6-7-20(15-18(19)20)16-4-2-5-17(21)14-16/h2,4-5,14,18-19,22H,3,6-13,15H2,1H3/t18?,19-,20-/m1/s1. The highest BCUT2D eigenvalue weighted by Gasteiger charge is 2.62. The van der Waals surface area contributed by atoms with Crippen LogP contribution in [-0.2, 0) is 5.41 Å². The van der Waals surface area contributed by atoms with Crippen molar-refractivity contribution < 1.29 is 0 Å². The maximum absolute atomic E-state index is 3.88. The minimum Gasteiger partial charge on any atom is -0.314 e. The van der Waals surface area contributed by atoms with E-state index in [1.165, 1.54) is 69.4 Å². The highest BCUT2D eigenvalue weighted by Crippen LogP contribution is 2.64. The molecule has 1 heterocycles. The Labute approximate surface area is 154 Å². The minimum atomic E-state index is 0.499. The molecule has 1 aromatic carbocycles. The van der Waals surface area contributed by atoms with E-state index in [-0.39, 0.29) is 0 Å². The van der Waals surface area contributed by atoms with Crippen molar-refractivity contribution in [3.8, 4) is 0 Å². The third kappa shape index (κ3) is 3.44. The van der Waals surface area contributed by atoms with Crippen LogP contribution in [0.25, 0.3) is 0 Å². The molecule has 2 aliphatic carbocycles. The van der Waals surface area contributed by atoms with E-state index in [9.17, 15) is 0 Å². The summed E-state index contributed by atoms with van der Waals surface area (Å²) in [5, 5.41) is 3.88. The van der Waals surface area contributed by atoms with Crippen LogP contribution in [-0.4, -0.2) is 62.2 Å². The Bertz CT molecular complexity index is 570. The van der Waals surface area contributed by atoms with Crippen LogP contribution in [0.2, 0.25) is 0 Å². The second-order valence-corrected chi connectivity index (χ2v) is 8.99. The summed E-state index contributed by atoms with van der Waals surface area (Å²) in [5.74, 6) is 0.871. The van der Waals surface area contributed by atoms with Gasteiger partial charge in [-0.05, 0) is 69.4 Å². The number of hydrogen-bond donors (Lipinski definition) is 1. The molecule has 1 aliphatic heterocycles. The van der Waals surface area contributed by atoms with Gasteiger partial charge in [0.05, 0.1) is 0 Å². The van der Waals surface area contributed by atoms with Gasteiger partial charge in [0.25, 0.3) is 0 Å². The van der Waals surface area contributed by atoms with Gasteiger partial charge < -0.3 is 15.1 Å². The Morgan fingerprint density at radius 1 is 1.25 bits per heavy atom. The lowest BCUT2D eigenvalue weighted by Crippen LogP contribution is -2.45. The fourth-order valence-electron chi connectivity index (χ4n) is 4.94. The van der Waals surface area contributed by atoms with Gasteiger partial charge in [-0.25, -0.2) is 0 Å². The van der Waals surface area contributed by atoms with E-state index in [0.29, 0.717) is 5.41 Å². The molecule has 0 amide bonds. The highest BCUT2D eigenvalue weighted by atomic mass is 79.9. The predicted molar refractivity (Wildman–Crippen MR) is 104 cm³/mol. The van der Waals surface area contributed by atoms with E-state index in [1.807, 2.05) is 0 Å². The van der Waals surface area contributed by atoms with Gasteiger partial charge in [-0.15, -0.1) is 0 Å². The predicted octanol–water partition coefficient (Wildman–Crippen LogP) is 3.10. The third-order valence-corrected chi connectivity index (χ3v) is 7.07. The zero-order chi connectivity index (χ0) is 16.6. The Kier molecular flexibility index (Phi) is 5.01. The zero-order valence-corrected chi connectivity index (χ0v) is 16.4. The molecule has 1 N–H and O–H groups in total. The number of benzene rings is 1. The molecule has 0 aromatic heterocycles. The monoisotopic (exact) mass is 391 g/mol. The van der Waals surface area contributed by atoms with E-state index < -0.39 is 0 Å². The number of piperazine rings is 1. The van der Waals surface area contributed by atoms with Gasteiger partial charge in [0, 0.05) is 42.1 Å². The molecule has 0 bridgehead atoms. The molecule has 3 fully saturated rings. The first kappa shape index (κ1) is 17.0. The van der Waals surface area contributed by atoms with Gasteiger partial charge in [-0.1, -0.05) is 28.1 Å². The molecule has 3 atom stereocenters. The number of likely N-dealkylation sites (N-methyl/N-ethyl adjacent to an activating group) is 1. The summed E-state index contributed by atoms with van der Waals surface area (Å²) < 4.78 is 1.23. The number of halogens is 1. The number of nitrogens with zero attached hydrogens (tertiary/aromatic N) is 2. The fraction of sp³-hybridized carbons (Fsp3) is 0.700. The molecule has 4 rings (SSSR count). The van der Waals surface area contributed by atoms with Crippen LogP contribution in [0.5, 0.6) is 0 Å². The molecule has 3 aliphatic rings.